The summed E-state index contributed by atoms with van der Waals surface area (Å²) < 4.78 is 0. The van der Waals surface area contributed by atoms with E-state index in [1.54, 1.807) is 6.21 Å². The zero-order chi connectivity index (χ0) is 25.5. The van der Waals surface area contributed by atoms with Gasteiger partial charge in [0.05, 0.1) is 24.3 Å². The molecule has 0 spiro atoms. The van der Waals surface area contributed by atoms with Gasteiger partial charge in [-0.2, -0.15) is 10.1 Å². The molecule has 37 heavy (non-hydrogen) atoms. The maximum Gasteiger partial charge on any atom is 0.225 e. The predicted octanol–water partition coefficient (Wildman–Crippen LogP) is 0.510. The highest BCUT2D eigenvalue weighted by molar-refractivity contribution is 6.32. The molecule has 12 heteroatoms. The van der Waals surface area contributed by atoms with Crippen LogP contribution in [0.3, 0.4) is 0 Å². The summed E-state index contributed by atoms with van der Waals surface area (Å²) in [6, 6.07) is 8.45. The van der Waals surface area contributed by atoms with E-state index in [4.69, 9.17) is 10.8 Å². The fourth-order valence-corrected chi connectivity index (χ4v) is 4.25. The lowest BCUT2D eigenvalue weighted by molar-refractivity contribution is 0.478. The van der Waals surface area contributed by atoms with Crippen molar-refractivity contribution in [2.45, 2.75) is 31.7 Å². The minimum Gasteiger partial charge on any atom is -0.367 e. The summed E-state index contributed by atoms with van der Waals surface area (Å²) >= 11 is 0. The number of anilines is 2. The van der Waals surface area contributed by atoms with Crippen molar-refractivity contribution in [1.29, 1.82) is 0 Å². The number of guanidine groups is 1. The molecule has 2 aromatic rings. The van der Waals surface area contributed by atoms with Crippen LogP contribution < -0.4 is 37.7 Å². The molecule has 0 saturated carbocycles. The lowest BCUT2D eigenvalue weighted by Crippen LogP contribution is -2.35. The van der Waals surface area contributed by atoms with Crippen LogP contribution in [0.15, 0.2) is 39.4 Å². The molecule has 0 unspecified atom stereocenters. The fraction of sp³-hybridized carbons (Fsp3) is 0.560. The van der Waals surface area contributed by atoms with Gasteiger partial charge in [-0.15, -0.1) is 0 Å². The molecule has 2 aliphatic rings. The van der Waals surface area contributed by atoms with Gasteiger partial charge in [-0.25, -0.2) is 4.98 Å². The molecule has 0 radical (unpaired) electrons. The zero-order valence-electron chi connectivity index (χ0n) is 21.5. The maximum atomic E-state index is 5.60. The molecule has 1 aromatic heterocycles. The number of nitrogens with one attached hydrogen (secondary N) is 6. The Labute approximate surface area is 218 Å². The molecule has 3 heterocycles. The molecule has 12 nitrogen and oxygen atoms in total. The van der Waals surface area contributed by atoms with E-state index >= 15 is 0 Å². The van der Waals surface area contributed by atoms with Crippen LogP contribution in [0.1, 0.15) is 25.7 Å². The Morgan fingerprint density at radius 1 is 1.05 bits per heavy atom. The molecule has 0 amide bonds. The van der Waals surface area contributed by atoms with Crippen molar-refractivity contribution in [3.63, 3.8) is 0 Å². The van der Waals surface area contributed by atoms with Crippen molar-refractivity contribution in [2.75, 3.05) is 69.5 Å². The topological polar surface area (TPSA) is 161 Å². The second-order valence-corrected chi connectivity index (χ2v) is 9.13. The predicted molar refractivity (Wildman–Crippen MR) is 153 cm³/mol. The van der Waals surface area contributed by atoms with Crippen molar-refractivity contribution in [1.82, 2.24) is 31.2 Å². The standard InChI is InChI=1S/C25H40N12/c26-37-20(17-29-11-3-9-27-10-4-12-30-24-31-15-16-32-24)18-33-25-35-22-6-2-1-5-21(22)23(36-25)34-19-7-13-28-14-8-19/h1-2,5-6,17,19,27-28H,3-4,7-16,18,26H2,(H2,30,31,32)(H2,33,34,35,36). The number of nitrogens with two attached hydrogens (primary N) is 1. The van der Waals surface area contributed by atoms with Crippen LogP contribution in [0.2, 0.25) is 0 Å². The number of hydrogen-bond acceptors (Lipinski definition) is 12. The van der Waals surface area contributed by atoms with Gasteiger partial charge >= 0.3 is 0 Å². The molecule has 1 fully saturated rings. The number of fused-ring (bicyclic) bond motifs is 1. The van der Waals surface area contributed by atoms with Gasteiger partial charge in [0, 0.05) is 37.3 Å². The van der Waals surface area contributed by atoms with Crippen LogP contribution >= 0.6 is 0 Å². The highest BCUT2D eigenvalue weighted by Crippen LogP contribution is 2.23. The number of aliphatic imine (C=N–C) groups is 2. The first-order chi connectivity index (χ1) is 18.3. The van der Waals surface area contributed by atoms with E-state index in [1.807, 2.05) is 18.2 Å². The molecule has 1 saturated heterocycles. The number of benzene rings is 1. The van der Waals surface area contributed by atoms with Gasteiger partial charge in [0.15, 0.2) is 5.96 Å². The summed E-state index contributed by atoms with van der Waals surface area (Å²) in [5.41, 5.74) is 1.54. The minimum absolute atomic E-state index is 0.399. The number of hydrogen-bond donors (Lipinski definition) is 7. The number of piperidine rings is 1. The van der Waals surface area contributed by atoms with Crippen LogP contribution in [-0.2, 0) is 0 Å². The third-order valence-electron chi connectivity index (χ3n) is 6.25. The highest BCUT2D eigenvalue weighted by atomic mass is 15.2. The summed E-state index contributed by atoms with van der Waals surface area (Å²) in [5, 5.41) is 25.1. The van der Waals surface area contributed by atoms with E-state index in [-0.39, 0.29) is 0 Å². The van der Waals surface area contributed by atoms with E-state index in [2.05, 4.69) is 58.0 Å². The van der Waals surface area contributed by atoms with Gasteiger partial charge in [0.1, 0.15) is 5.82 Å². The number of para-hydroxylation sites is 1. The number of hydrazone groups is 1. The Balaban J connectivity index is 1.17. The van der Waals surface area contributed by atoms with Gasteiger partial charge < -0.3 is 37.7 Å². The average molecular weight is 509 g/mol. The van der Waals surface area contributed by atoms with Crippen LogP contribution in [-0.4, -0.2) is 92.8 Å². The summed E-state index contributed by atoms with van der Waals surface area (Å²) in [4.78, 5) is 18.2. The van der Waals surface area contributed by atoms with Crippen molar-refractivity contribution in [2.24, 2.45) is 20.9 Å². The summed E-state index contributed by atoms with van der Waals surface area (Å²) in [7, 11) is 0. The third-order valence-corrected chi connectivity index (χ3v) is 6.25. The van der Waals surface area contributed by atoms with Crippen molar-refractivity contribution in [3.8, 4) is 0 Å². The summed E-state index contributed by atoms with van der Waals surface area (Å²) in [6.07, 6.45) is 5.86. The maximum absolute atomic E-state index is 5.60. The van der Waals surface area contributed by atoms with Crippen molar-refractivity contribution in [3.05, 3.63) is 24.3 Å². The van der Waals surface area contributed by atoms with Gasteiger partial charge in [-0.1, -0.05) is 12.1 Å². The third kappa shape index (κ3) is 8.83. The molecule has 200 valence electrons. The Bertz CT molecular complexity index is 1060. The van der Waals surface area contributed by atoms with E-state index in [0.717, 1.165) is 94.2 Å². The first-order valence-corrected chi connectivity index (χ1v) is 13.3. The molecule has 0 atom stereocenters. The smallest absolute Gasteiger partial charge is 0.225 e. The molecule has 2 aliphatic heterocycles. The Morgan fingerprint density at radius 2 is 1.92 bits per heavy atom. The Hall–Kier alpha value is -3.51. The van der Waals surface area contributed by atoms with E-state index < -0.39 is 0 Å². The quantitative estimate of drug-likeness (QED) is 0.0834. The van der Waals surface area contributed by atoms with Crippen molar-refractivity contribution >= 4 is 40.6 Å². The summed E-state index contributed by atoms with van der Waals surface area (Å²) in [6.45, 7) is 7.73. The van der Waals surface area contributed by atoms with Gasteiger partial charge in [0.25, 0.3) is 0 Å². The van der Waals surface area contributed by atoms with Crippen molar-refractivity contribution < 1.29 is 0 Å². The monoisotopic (exact) mass is 508 g/mol. The van der Waals surface area contributed by atoms with Gasteiger partial charge in [-0.3, -0.25) is 9.98 Å². The van der Waals surface area contributed by atoms with Crippen LogP contribution in [0, 0.1) is 0 Å². The van der Waals surface area contributed by atoms with Gasteiger partial charge in [0.2, 0.25) is 5.95 Å². The van der Waals surface area contributed by atoms with E-state index in [0.29, 0.717) is 30.8 Å². The second kappa shape index (κ2) is 14.9. The van der Waals surface area contributed by atoms with Crippen LogP contribution in [0.5, 0.6) is 0 Å². The van der Waals surface area contributed by atoms with Crippen LogP contribution in [0.4, 0.5) is 11.8 Å². The number of aromatic nitrogens is 2. The normalized spacial score (nSPS) is 16.6. The first kappa shape index (κ1) is 26.6. The number of rotatable bonds is 14. The number of nitrogens with zero attached hydrogens (tertiary/aromatic N) is 5. The summed E-state index contributed by atoms with van der Waals surface area (Å²) in [5.74, 6) is 7.92. The molecule has 1 aromatic carbocycles. The lowest BCUT2D eigenvalue weighted by Gasteiger charge is -2.25. The Kier molecular flexibility index (Phi) is 10.7. The SMILES string of the molecule is NN=C(C=NCCCNCCCNC1=NCCN1)CNc1nc(NC2CCNCC2)c2ccccc2n1. The minimum atomic E-state index is 0.399. The lowest BCUT2D eigenvalue weighted by atomic mass is 10.1. The first-order valence-electron chi connectivity index (χ1n) is 13.3. The molecular weight excluding hydrogens is 468 g/mol. The van der Waals surface area contributed by atoms with E-state index in [9.17, 15) is 0 Å². The largest absolute Gasteiger partial charge is 0.367 e. The Morgan fingerprint density at radius 3 is 2.76 bits per heavy atom. The molecule has 0 aliphatic carbocycles. The van der Waals surface area contributed by atoms with E-state index in [1.165, 1.54) is 0 Å². The fourth-order valence-electron chi connectivity index (χ4n) is 4.25. The molecule has 4 rings (SSSR count). The second-order valence-electron chi connectivity index (χ2n) is 9.13. The molecular formula is C25H40N12. The molecule has 8 N–H and O–H groups in total. The van der Waals surface area contributed by atoms with Gasteiger partial charge in [-0.05, 0) is 64.0 Å². The average Bonchev–Trinajstić information content (AvgIpc) is 3.45. The van der Waals surface area contributed by atoms with Crippen LogP contribution in [0.25, 0.3) is 10.9 Å². The molecule has 0 bridgehead atoms. The highest BCUT2D eigenvalue weighted by Gasteiger charge is 2.16. The zero-order valence-corrected chi connectivity index (χ0v) is 21.5.